The van der Waals surface area contributed by atoms with Gasteiger partial charge in [-0.05, 0) is 43.7 Å². The van der Waals surface area contributed by atoms with E-state index in [4.69, 9.17) is 14.2 Å². The van der Waals surface area contributed by atoms with Crippen molar-refractivity contribution in [3.63, 3.8) is 0 Å². The summed E-state index contributed by atoms with van der Waals surface area (Å²) < 4.78 is 16.3. The van der Waals surface area contributed by atoms with E-state index in [1.807, 2.05) is 13.8 Å². The first-order chi connectivity index (χ1) is 13.8. The van der Waals surface area contributed by atoms with Crippen LogP contribution in [-0.2, 0) is 9.59 Å². The molecule has 7 nitrogen and oxygen atoms in total. The minimum Gasteiger partial charge on any atom is -0.497 e. The highest BCUT2D eigenvalue weighted by Gasteiger charge is 2.37. The number of rotatable bonds is 7. The van der Waals surface area contributed by atoms with Crippen molar-refractivity contribution in [2.24, 2.45) is 0 Å². The van der Waals surface area contributed by atoms with E-state index in [1.165, 1.54) is 14.2 Å². The minimum atomic E-state index is -0.419. The topological polar surface area (TPSA) is 77.1 Å². The molecule has 3 rings (SSSR count). The van der Waals surface area contributed by atoms with Gasteiger partial charge in [-0.25, -0.2) is 0 Å². The van der Waals surface area contributed by atoms with Crippen LogP contribution in [0.15, 0.2) is 48.2 Å². The van der Waals surface area contributed by atoms with Crippen molar-refractivity contribution in [3.05, 3.63) is 53.7 Å². The lowest BCUT2D eigenvalue weighted by atomic mass is 10.0. The van der Waals surface area contributed by atoms with Crippen molar-refractivity contribution < 1.29 is 23.8 Å². The fourth-order valence-electron chi connectivity index (χ4n) is 3.04. The fourth-order valence-corrected chi connectivity index (χ4v) is 3.04. The number of nitrogens with zero attached hydrogens (tertiary/aromatic N) is 1. The Labute approximate surface area is 169 Å². The van der Waals surface area contributed by atoms with E-state index < -0.39 is 5.91 Å². The van der Waals surface area contributed by atoms with E-state index in [0.29, 0.717) is 34.1 Å². The number of likely N-dealkylation sites (N-methyl/N-ethyl adjacent to an activating group) is 1. The first-order valence-corrected chi connectivity index (χ1v) is 9.18. The summed E-state index contributed by atoms with van der Waals surface area (Å²) in [7, 11) is 4.54. The van der Waals surface area contributed by atoms with Crippen LogP contribution >= 0.6 is 0 Å². The molecule has 1 heterocycles. The molecule has 0 spiro atoms. The summed E-state index contributed by atoms with van der Waals surface area (Å²) in [6.45, 7) is 3.88. The Morgan fingerprint density at radius 3 is 2.14 bits per heavy atom. The zero-order chi connectivity index (χ0) is 21.1. The van der Waals surface area contributed by atoms with Crippen LogP contribution in [-0.4, -0.2) is 44.1 Å². The predicted octanol–water partition coefficient (Wildman–Crippen LogP) is 3.31. The molecule has 0 saturated carbocycles. The standard InChI is InChI=1S/C22H24N2O5/c1-13(2)29-15-8-6-14(7-9-15)19-20(22(26)24(3)21(19)25)23-17-12-16(27-4)10-11-18(17)28-5/h6-13,23H,1-5H3. The number of benzene rings is 2. The normalized spacial score (nSPS) is 13.9. The molecule has 0 aliphatic carbocycles. The maximum atomic E-state index is 12.8. The van der Waals surface area contributed by atoms with Crippen LogP contribution in [0, 0.1) is 0 Å². The number of amides is 2. The highest BCUT2D eigenvalue weighted by atomic mass is 16.5. The summed E-state index contributed by atoms with van der Waals surface area (Å²) in [5.41, 5.74) is 1.61. The Hall–Kier alpha value is -3.48. The van der Waals surface area contributed by atoms with Crippen molar-refractivity contribution >= 4 is 23.1 Å². The predicted molar refractivity (Wildman–Crippen MR) is 110 cm³/mol. The molecule has 2 aromatic rings. The molecule has 0 bridgehead atoms. The zero-order valence-corrected chi connectivity index (χ0v) is 17.1. The number of ether oxygens (including phenoxy) is 3. The summed E-state index contributed by atoms with van der Waals surface area (Å²) in [6, 6.07) is 12.3. The lowest BCUT2D eigenvalue weighted by Gasteiger charge is -2.14. The molecule has 0 radical (unpaired) electrons. The van der Waals surface area contributed by atoms with Crippen molar-refractivity contribution in [1.82, 2.24) is 4.90 Å². The van der Waals surface area contributed by atoms with Gasteiger partial charge in [-0.1, -0.05) is 12.1 Å². The molecule has 7 heteroatoms. The second-order valence-electron chi connectivity index (χ2n) is 6.80. The van der Waals surface area contributed by atoms with Gasteiger partial charge >= 0.3 is 0 Å². The average Bonchev–Trinajstić information content (AvgIpc) is 2.92. The van der Waals surface area contributed by atoms with E-state index >= 15 is 0 Å². The van der Waals surface area contributed by atoms with Crippen molar-refractivity contribution in [2.45, 2.75) is 20.0 Å². The van der Waals surface area contributed by atoms with Gasteiger partial charge in [0.2, 0.25) is 0 Å². The number of nitrogens with one attached hydrogen (secondary N) is 1. The molecular weight excluding hydrogens is 372 g/mol. The van der Waals surface area contributed by atoms with E-state index in [1.54, 1.807) is 49.6 Å². The fraction of sp³-hybridized carbons (Fsp3) is 0.273. The molecule has 0 unspecified atom stereocenters. The minimum absolute atomic E-state index is 0.0404. The largest absolute Gasteiger partial charge is 0.497 e. The number of hydrogen-bond donors (Lipinski definition) is 1. The molecular formula is C22H24N2O5. The van der Waals surface area contributed by atoms with Gasteiger partial charge in [-0.2, -0.15) is 0 Å². The van der Waals surface area contributed by atoms with E-state index in [2.05, 4.69) is 5.32 Å². The lowest BCUT2D eigenvalue weighted by molar-refractivity contribution is -0.135. The molecule has 0 aromatic heterocycles. The molecule has 0 atom stereocenters. The Kier molecular flexibility index (Phi) is 5.77. The van der Waals surface area contributed by atoms with Crippen LogP contribution in [0.1, 0.15) is 19.4 Å². The number of hydrogen-bond acceptors (Lipinski definition) is 6. The SMILES string of the molecule is COc1ccc(OC)c(NC2=C(c3ccc(OC(C)C)cc3)C(=O)N(C)C2=O)c1. The molecule has 2 amide bonds. The summed E-state index contributed by atoms with van der Waals surface area (Å²) in [4.78, 5) is 26.6. The number of imide groups is 1. The Balaban J connectivity index is 2.04. The Bertz CT molecular complexity index is 964. The second kappa shape index (κ2) is 8.26. The highest BCUT2D eigenvalue weighted by Crippen LogP contribution is 2.35. The van der Waals surface area contributed by atoms with Crippen molar-refractivity contribution in [3.8, 4) is 17.2 Å². The first-order valence-electron chi connectivity index (χ1n) is 9.18. The van der Waals surface area contributed by atoms with Gasteiger partial charge in [0.05, 0.1) is 31.6 Å². The van der Waals surface area contributed by atoms with Crippen molar-refractivity contribution in [1.29, 1.82) is 0 Å². The third-order valence-corrected chi connectivity index (χ3v) is 4.47. The van der Waals surface area contributed by atoms with E-state index in [-0.39, 0.29) is 17.7 Å². The second-order valence-corrected chi connectivity index (χ2v) is 6.80. The Morgan fingerprint density at radius 1 is 0.897 bits per heavy atom. The third-order valence-electron chi connectivity index (χ3n) is 4.47. The summed E-state index contributed by atoms with van der Waals surface area (Å²) >= 11 is 0. The van der Waals surface area contributed by atoms with Crippen LogP contribution in [0.4, 0.5) is 5.69 Å². The maximum absolute atomic E-state index is 12.8. The molecule has 1 aliphatic heterocycles. The number of carbonyl (C=O) groups excluding carboxylic acids is 2. The van der Waals surface area contributed by atoms with Gasteiger partial charge in [0.25, 0.3) is 11.8 Å². The quantitative estimate of drug-likeness (QED) is 0.724. The molecule has 0 saturated heterocycles. The van der Waals surface area contributed by atoms with Crippen LogP contribution in [0.2, 0.25) is 0 Å². The Morgan fingerprint density at radius 2 is 1.55 bits per heavy atom. The number of anilines is 1. The van der Waals surface area contributed by atoms with Gasteiger partial charge in [-0.15, -0.1) is 0 Å². The van der Waals surface area contributed by atoms with Gasteiger partial charge in [-0.3, -0.25) is 14.5 Å². The molecule has 1 N–H and O–H groups in total. The van der Waals surface area contributed by atoms with Gasteiger partial charge in [0.1, 0.15) is 22.9 Å². The van der Waals surface area contributed by atoms with E-state index in [0.717, 1.165) is 4.90 Å². The molecule has 0 fully saturated rings. The van der Waals surface area contributed by atoms with Crippen LogP contribution in [0.5, 0.6) is 17.2 Å². The number of carbonyl (C=O) groups is 2. The van der Waals surface area contributed by atoms with Gasteiger partial charge in [0.15, 0.2) is 0 Å². The van der Waals surface area contributed by atoms with Gasteiger partial charge in [0, 0.05) is 13.1 Å². The molecule has 2 aromatic carbocycles. The highest BCUT2D eigenvalue weighted by molar-refractivity contribution is 6.36. The van der Waals surface area contributed by atoms with Crippen LogP contribution < -0.4 is 19.5 Å². The van der Waals surface area contributed by atoms with Gasteiger partial charge < -0.3 is 19.5 Å². The summed E-state index contributed by atoms with van der Waals surface area (Å²) in [6.07, 6.45) is 0.0404. The van der Waals surface area contributed by atoms with Crippen LogP contribution in [0.25, 0.3) is 5.57 Å². The molecule has 152 valence electrons. The summed E-state index contributed by atoms with van der Waals surface area (Å²) in [5, 5.41) is 3.07. The van der Waals surface area contributed by atoms with Crippen LogP contribution in [0.3, 0.4) is 0 Å². The molecule has 29 heavy (non-hydrogen) atoms. The zero-order valence-electron chi connectivity index (χ0n) is 17.1. The van der Waals surface area contributed by atoms with E-state index in [9.17, 15) is 9.59 Å². The smallest absolute Gasteiger partial charge is 0.277 e. The average molecular weight is 396 g/mol. The molecule has 1 aliphatic rings. The monoisotopic (exact) mass is 396 g/mol. The lowest BCUT2D eigenvalue weighted by Crippen LogP contribution is -2.28. The number of methoxy groups -OCH3 is 2. The van der Waals surface area contributed by atoms with Crippen molar-refractivity contribution in [2.75, 3.05) is 26.6 Å². The first kappa shape index (κ1) is 20.3. The maximum Gasteiger partial charge on any atom is 0.277 e. The third kappa shape index (κ3) is 4.03. The summed E-state index contributed by atoms with van der Waals surface area (Å²) in [5.74, 6) is 1.01.